The first kappa shape index (κ1) is 22.2. The molecule has 10 nitrogen and oxygen atoms in total. The van der Waals surface area contributed by atoms with Crippen molar-refractivity contribution in [2.45, 2.75) is 6.04 Å². The molecule has 2 aromatic rings. The van der Waals surface area contributed by atoms with Gasteiger partial charge < -0.3 is 20.1 Å². The lowest BCUT2D eigenvalue weighted by Crippen LogP contribution is -2.45. The summed E-state index contributed by atoms with van der Waals surface area (Å²) in [5.74, 6) is -1.16. The average Bonchev–Trinajstić information content (AvgIpc) is 2.80. The Balaban J connectivity index is 1.69. The van der Waals surface area contributed by atoms with Crippen molar-refractivity contribution in [2.24, 2.45) is 0 Å². The second-order valence-electron chi connectivity index (χ2n) is 6.88. The number of amides is 2. The maximum Gasteiger partial charge on any atom is 0.313 e. The molecule has 31 heavy (non-hydrogen) atoms. The number of rotatable bonds is 7. The van der Waals surface area contributed by atoms with Gasteiger partial charge >= 0.3 is 11.8 Å². The Morgan fingerprint density at radius 3 is 2.61 bits per heavy atom. The zero-order valence-electron chi connectivity index (χ0n) is 17.1. The molecular formula is C21H24N4O6. The van der Waals surface area contributed by atoms with Crippen LogP contribution in [-0.2, 0) is 14.3 Å². The Kier molecular flexibility index (Phi) is 7.52. The van der Waals surface area contributed by atoms with Gasteiger partial charge in [0.05, 0.1) is 31.3 Å². The number of nitrogens with one attached hydrogen (secondary N) is 2. The molecular weight excluding hydrogens is 404 g/mol. The number of para-hydroxylation sites is 2. The van der Waals surface area contributed by atoms with E-state index in [1.54, 1.807) is 7.11 Å². The van der Waals surface area contributed by atoms with E-state index in [-0.39, 0.29) is 24.0 Å². The van der Waals surface area contributed by atoms with Crippen molar-refractivity contribution < 1.29 is 24.0 Å². The predicted octanol–water partition coefficient (Wildman–Crippen LogP) is 1.73. The minimum Gasteiger partial charge on any atom is -0.497 e. The summed E-state index contributed by atoms with van der Waals surface area (Å²) >= 11 is 0. The molecule has 2 N–H and O–H groups in total. The quantitative estimate of drug-likeness (QED) is 0.391. The second kappa shape index (κ2) is 10.5. The van der Waals surface area contributed by atoms with E-state index in [2.05, 4.69) is 15.5 Å². The molecule has 0 bridgehead atoms. The number of carbonyl (C=O) groups is 2. The van der Waals surface area contributed by atoms with Crippen LogP contribution in [0.2, 0.25) is 0 Å². The van der Waals surface area contributed by atoms with Gasteiger partial charge in [0.2, 0.25) is 0 Å². The average molecular weight is 428 g/mol. The Morgan fingerprint density at radius 2 is 1.90 bits per heavy atom. The fourth-order valence-corrected chi connectivity index (χ4v) is 3.38. The number of carbonyl (C=O) groups excluding carboxylic acids is 2. The van der Waals surface area contributed by atoms with Crippen molar-refractivity contribution in [3.63, 3.8) is 0 Å². The standard InChI is InChI=1S/C21H24N4O6/c1-30-16-6-4-5-15(13-16)19(24-9-11-31-12-10-24)14-22-20(26)21(27)23-17-7-2-3-8-18(17)25(28)29/h2-8,13,19H,9-12,14H2,1H3,(H,22,26)(H,23,27). The molecule has 0 aromatic heterocycles. The number of morpholine rings is 1. The third kappa shape index (κ3) is 5.77. The fraction of sp³-hybridized carbons (Fsp3) is 0.333. The summed E-state index contributed by atoms with van der Waals surface area (Å²) in [4.78, 5) is 37.4. The van der Waals surface area contributed by atoms with Crippen LogP contribution >= 0.6 is 0 Å². The summed E-state index contributed by atoms with van der Waals surface area (Å²) in [5, 5.41) is 16.0. The summed E-state index contributed by atoms with van der Waals surface area (Å²) in [6.45, 7) is 2.69. The van der Waals surface area contributed by atoms with E-state index >= 15 is 0 Å². The fourth-order valence-electron chi connectivity index (χ4n) is 3.38. The highest BCUT2D eigenvalue weighted by Crippen LogP contribution is 2.25. The van der Waals surface area contributed by atoms with Crippen LogP contribution in [0, 0.1) is 10.1 Å². The van der Waals surface area contributed by atoms with E-state index in [0.29, 0.717) is 32.1 Å². The van der Waals surface area contributed by atoms with Gasteiger partial charge in [-0.3, -0.25) is 24.6 Å². The first-order valence-corrected chi connectivity index (χ1v) is 9.78. The minimum absolute atomic E-state index is 0.0369. The molecule has 164 valence electrons. The molecule has 1 heterocycles. The lowest BCUT2D eigenvalue weighted by atomic mass is 10.0. The number of nitrogens with zero attached hydrogens (tertiary/aromatic N) is 2. The highest BCUT2D eigenvalue weighted by molar-refractivity contribution is 6.39. The van der Waals surface area contributed by atoms with Crippen LogP contribution in [0.3, 0.4) is 0 Å². The number of nitro groups is 1. The summed E-state index contributed by atoms with van der Waals surface area (Å²) in [6, 6.07) is 13.0. The number of methoxy groups -OCH3 is 1. The molecule has 0 aliphatic carbocycles. The van der Waals surface area contributed by atoms with E-state index in [0.717, 1.165) is 5.56 Å². The van der Waals surface area contributed by atoms with Crippen LogP contribution < -0.4 is 15.4 Å². The maximum atomic E-state index is 12.4. The minimum atomic E-state index is -0.972. The van der Waals surface area contributed by atoms with Gasteiger partial charge in [-0.15, -0.1) is 0 Å². The van der Waals surface area contributed by atoms with Gasteiger partial charge in [0.15, 0.2) is 0 Å². The Bertz CT molecular complexity index is 945. The van der Waals surface area contributed by atoms with Crippen molar-refractivity contribution in [3.8, 4) is 5.75 Å². The van der Waals surface area contributed by atoms with Crippen molar-refractivity contribution in [1.29, 1.82) is 0 Å². The van der Waals surface area contributed by atoms with Gasteiger partial charge in [-0.2, -0.15) is 0 Å². The zero-order valence-corrected chi connectivity index (χ0v) is 17.1. The van der Waals surface area contributed by atoms with Gasteiger partial charge in [0, 0.05) is 25.7 Å². The van der Waals surface area contributed by atoms with E-state index in [1.165, 1.54) is 24.3 Å². The molecule has 1 saturated heterocycles. The Hall–Kier alpha value is -3.50. The van der Waals surface area contributed by atoms with Crippen molar-refractivity contribution >= 4 is 23.2 Å². The molecule has 1 aliphatic rings. The van der Waals surface area contributed by atoms with E-state index in [4.69, 9.17) is 9.47 Å². The number of hydrogen-bond acceptors (Lipinski definition) is 7. The van der Waals surface area contributed by atoms with Gasteiger partial charge in [-0.1, -0.05) is 24.3 Å². The largest absolute Gasteiger partial charge is 0.497 e. The topological polar surface area (TPSA) is 123 Å². The summed E-state index contributed by atoms with van der Waals surface area (Å²) in [6.07, 6.45) is 0. The first-order valence-electron chi connectivity index (χ1n) is 9.78. The normalized spacial score (nSPS) is 15.0. The second-order valence-corrected chi connectivity index (χ2v) is 6.88. The number of ether oxygens (including phenoxy) is 2. The van der Waals surface area contributed by atoms with E-state index in [9.17, 15) is 19.7 Å². The molecule has 1 fully saturated rings. The number of benzene rings is 2. The molecule has 0 saturated carbocycles. The highest BCUT2D eigenvalue weighted by Gasteiger charge is 2.25. The van der Waals surface area contributed by atoms with Gasteiger partial charge in [-0.25, -0.2) is 0 Å². The lowest BCUT2D eigenvalue weighted by Gasteiger charge is -2.35. The zero-order chi connectivity index (χ0) is 22.2. The number of hydrogen-bond donors (Lipinski definition) is 2. The van der Waals surface area contributed by atoms with Crippen LogP contribution in [0.15, 0.2) is 48.5 Å². The summed E-state index contributed by atoms with van der Waals surface area (Å²) in [5.41, 5.74) is 0.608. The van der Waals surface area contributed by atoms with Crippen LogP contribution in [0.5, 0.6) is 5.75 Å². The van der Waals surface area contributed by atoms with Crippen LogP contribution in [0.1, 0.15) is 11.6 Å². The maximum absolute atomic E-state index is 12.4. The Labute approximate surface area is 179 Å². The molecule has 10 heteroatoms. The van der Waals surface area contributed by atoms with Gasteiger partial charge in [-0.05, 0) is 23.8 Å². The molecule has 2 aromatic carbocycles. The first-order chi connectivity index (χ1) is 15.0. The molecule has 1 atom stereocenters. The molecule has 1 unspecified atom stereocenters. The Morgan fingerprint density at radius 1 is 1.16 bits per heavy atom. The van der Waals surface area contributed by atoms with E-state index < -0.39 is 16.7 Å². The van der Waals surface area contributed by atoms with Crippen molar-refractivity contribution in [1.82, 2.24) is 10.2 Å². The third-order valence-corrected chi connectivity index (χ3v) is 4.98. The number of nitro benzene ring substituents is 1. The van der Waals surface area contributed by atoms with Gasteiger partial charge in [0.25, 0.3) is 5.69 Å². The summed E-state index contributed by atoms with van der Waals surface area (Å²) < 4.78 is 10.7. The predicted molar refractivity (Wildman–Crippen MR) is 113 cm³/mol. The van der Waals surface area contributed by atoms with Crippen molar-refractivity contribution in [2.75, 3.05) is 45.3 Å². The highest BCUT2D eigenvalue weighted by atomic mass is 16.6. The molecule has 0 spiro atoms. The lowest BCUT2D eigenvalue weighted by molar-refractivity contribution is -0.383. The van der Waals surface area contributed by atoms with Crippen LogP contribution in [-0.4, -0.2) is 61.6 Å². The third-order valence-electron chi connectivity index (χ3n) is 4.98. The molecule has 1 aliphatic heterocycles. The van der Waals surface area contributed by atoms with Crippen LogP contribution in [0.25, 0.3) is 0 Å². The summed E-state index contributed by atoms with van der Waals surface area (Å²) in [7, 11) is 1.58. The molecule has 2 amide bonds. The SMILES string of the molecule is COc1cccc(C(CNC(=O)C(=O)Nc2ccccc2[N+](=O)[O-])N2CCOCC2)c1. The molecule has 0 radical (unpaired) electrons. The van der Waals surface area contributed by atoms with Crippen LogP contribution in [0.4, 0.5) is 11.4 Å². The smallest absolute Gasteiger partial charge is 0.313 e. The monoisotopic (exact) mass is 428 g/mol. The molecule has 3 rings (SSSR count). The van der Waals surface area contributed by atoms with E-state index in [1.807, 2.05) is 24.3 Å². The van der Waals surface area contributed by atoms with Crippen molar-refractivity contribution in [3.05, 3.63) is 64.2 Å². The number of anilines is 1. The van der Waals surface area contributed by atoms with Gasteiger partial charge in [0.1, 0.15) is 11.4 Å².